The number of hydrogen-bond acceptors (Lipinski definition) is 10. The van der Waals surface area contributed by atoms with Gasteiger partial charge in [-0.3, -0.25) is 4.68 Å². The number of aliphatic hydroxyl groups is 2. The SMILES string of the molecule is CC(C)n1nc(N2CCO[C@@H](CO)C2)c2cnc(Nc3ccnc(N4CC[C@@H](O)[C@@H](F)C4)n3)cc21. The van der Waals surface area contributed by atoms with Gasteiger partial charge in [0.15, 0.2) is 5.82 Å². The molecule has 188 valence electrons. The number of hydrogen-bond donors (Lipinski definition) is 3. The van der Waals surface area contributed by atoms with Crippen LogP contribution < -0.4 is 15.1 Å². The zero-order valence-corrected chi connectivity index (χ0v) is 19.9. The van der Waals surface area contributed by atoms with E-state index in [1.54, 1.807) is 23.4 Å². The van der Waals surface area contributed by atoms with Crippen molar-refractivity contribution in [2.45, 2.75) is 44.7 Å². The van der Waals surface area contributed by atoms with Crippen molar-refractivity contribution in [1.29, 1.82) is 0 Å². The molecule has 5 heterocycles. The minimum atomic E-state index is -1.32. The number of rotatable bonds is 6. The number of halogens is 1. The lowest BCUT2D eigenvalue weighted by Crippen LogP contribution is -2.45. The highest BCUT2D eigenvalue weighted by Gasteiger charge is 2.29. The number of ether oxygens (including phenoxy) is 1. The largest absolute Gasteiger partial charge is 0.394 e. The molecule has 3 N–H and O–H groups in total. The smallest absolute Gasteiger partial charge is 0.227 e. The Morgan fingerprint density at radius 2 is 2.06 bits per heavy atom. The third-order valence-electron chi connectivity index (χ3n) is 6.39. The second-order valence-corrected chi connectivity index (χ2v) is 9.25. The fraction of sp³-hybridized carbons (Fsp3) is 0.565. The van der Waals surface area contributed by atoms with Crippen LogP contribution in [-0.2, 0) is 4.74 Å². The predicted octanol–water partition coefficient (Wildman–Crippen LogP) is 1.65. The summed E-state index contributed by atoms with van der Waals surface area (Å²) in [6.07, 6.45) is 1.26. The van der Waals surface area contributed by atoms with Crippen LogP contribution in [0.3, 0.4) is 0 Å². The zero-order valence-electron chi connectivity index (χ0n) is 19.9. The van der Waals surface area contributed by atoms with Crippen LogP contribution in [0.25, 0.3) is 10.9 Å². The highest BCUT2D eigenvalue weighted by Crippen LogP contribution is 2.31. The number of aromatic nitrogens is 5. The molecule has 3 atom stereocenters. The molecule has 2 aliphatic heterocycles. The molecule has 0 radical (unpaired) electrons. The van der Waals surface area contributed by atoms with E-state index < -0.39 is 12.3 Å². The average molecular weight is 487 g/mol. The first-order valence-electron chi connectivity index (χ1n) is 12.0. The van der Waals surface area contributed by atoms with Gasteiger partial charge < -0.3 is 30.1 Å². The third-order valence-corrected chi connectivity index (χ3v) is 6.39. The van der Waals surface area contributed by atoms with Crippen LogP contribution in [0.4, 0.5) is 27.8 Å². The first-order valence-corrected chi connectivity index (χ1v) is 12.0. The van der Waals surface area contributed by atoms with Crippen molar-refractivity contribution in [2.24, 2.45) is 0 Å². The summed E-state index contributed by atoms with van der Waals surface area (Å²) in [5.74, 6) is 2.37. The monoisotopic (exact) mass is 486 g/mol. The molecule has 11 nitrogen and oxygen atoms in total. The van der Waals surface area contributed by atoms with Crippen LogP contribution in [0.5, 0.6) is 0 Å². The Balaban J connectivity index is 1.41. The Bertz CT molecular complexity index is 1170. The van der Waals surface area contributed by atoms with Crippen LogP contribution in [0.15, 0.2) is 24.5 Å². The molecule has 5 rings (SSSR count). The third kappa shape index (κ3) is 4.86. The normalized spacial score (nSPS) is 23.3. The Labute approximate surface area is 202 Å². The van der Waals surface area contributed by atoms with Crippen molar-refractivity contribution >= 4 is 34.3 Å². The molecule has 35 heavy (non-hydrogen) atoms. The van der Waals surface area contributed by atoms with Crippen LogP contribution >= 0.6 is 0 Å². The van der Waals surface area contributed by atoms with Crippen LogP contribution in [-0.4, -0.2) is 92.7 Å². The van der Waals surface area contributed by atoms with Crippen molar-refractivity contribution in [3.8, 4) is 0 Å². The van der Waals surface area contributed by atoms with Gasteiger partial charge in [0.05, 0.1) is 42.9 Å². The second kappa shape index (κ2) is 9.88. The standard InChI is InChI=1S/C23H31FN8O3/c1-14(2)32-18-9-21(26-10-16(18)22(29-32)30-7-8-35-15(11-30)13-33)27-20-3-5-25-23(28-20)31-6-4-19(34)17(24)12-31/h3,5,9-10,14-15,17,19,33-34H,4,6-8,11-13H2,1-2H3,(H,25,26,27,28)/t15-,17+,19-/m1/s1. The molecule has 0 spiro atoms. The number of alkyl halides is 1. The minimum absolute atomic E-state index is 0.0312. The molecular weight excluding hydrogens is 455 g/mol. The van der Waals surface area contributed by atoms with Crippen molar-refractivity contribution in [2.75, 3.05) is 54.5 Å². The number of fused-ring (bicyclic) bond motifs is 1. The summed E-state index contributed by atoms with van der Waals surface area (Å²) in [6.45, 7) is 6.46. The van der Waals surface area contributed by atoms with Gasteiger partial charge in [0, 0.05) is 44.1 Å². The molecule has 0 aromatic carbocycles. The van der Waals surface area contributed by atoms with Gasteiger partial charge in [-0.1, -0.05) is 0 Å². The van der Waals surface area contributed by atoms with E-state index in [2.05, 4.69) is 39.0 Å². The molecule has 2 saturated heterocycles. The lowest BCUT2D eigenvalue weighted by Gasteiger charge is -2.32. The Morgan fingerprint density at radius 3 is 2.83 bits per heavy atom. The number of piperidine rings is 1. The fourth-order valence-corrected chi connectivity index (χ4v) is 4.51. The molecule has 0 aliphatic carbocycles. The van der Waals surface area contributed by atoms with Crippen LogP contribution in [0, 0.1) is 0 Å². The molecule has 3 aromatic rings. The summed E-state index contributed by atoms with van der Waals surface area (Å²) in [5.41, 5.74) is 0.930. The highest BCUT2D eigenvalue weighted by molar-refractivity contribution is 5.92. The van der Waals surface area contributed by atoms with Crippen LogP contribution in [0.2, 0.25) is 0 Å². The van der Waals surface area contributed by atoms with Gasteiger partial charge >= 0.3 is 0 Å². The molecular formula is C23H31FN8O3. The summed E-state index contributed by atoms with van der Waals surface area (Å²) in [6, 6.07) is 3.80. The first-order chi connectivity index (χ1) is 16.9. The number of morpholine rings is 1. The van der Waals surface area contributed by atoms with E-state index in [4.69, 9.17) is 9.84 Å². The fourth-order valence-electron chi connectivity index (χ4n) is 4.51. The van der Waals surface area contributed by atoms with Gasteiger partial charge in [-0.15, -0.1) is 0 Å². The topological polar surface area (TPSA) is 125 Å². The van der Waals surface area contributed by atoms with E-state index in [0.717, 1.165) is 16.7 Å². The molecule has 0 unspecified atom stereocenters. The first kappa shape index (κ1) is 23.6. The summed E-state index contributed by atoms with van der Waals surface area (Å²) >= 11 is 0. The van der Waals surface area contributed by atoms with E-state index in [0.29, 0.717) is 50.2 Å². The molecule has 2 fully saturated rings. The van der Waals surface area contributed by atoms with E-state index in [1.165, 1.54) is 0 Å². The van der Waals surface area contributed by atoms with Crippen molar-refractivity contribution in [3.05, 3.63) is 24.5 Å². The maximum atomic E-state index is 14.0. The predicted molar refractivity (Wildman–Crippen MR) is 130 cm³/mol. The molecule has 3 aromatic heterocycles. The number of pyridine rings is 1. The maximum Gasteiger partial charge on any atom is 0.227 e. The molecule has 0 saturated carbocycles. The van der Waals surface area contributed by atoms with Crippen LogP contribution in [0.1, 0.15) is 26.3 Å². The highest BCUT2D eigenvalue weighted by atomic mass is 19.1. The Morgan fingerprint density at radius 1 is 1.20 bits per heavy atom. The molecule has 0 bridgehead atoms. The zero-order chi connectivity index (χ0) is 24.5. The molecule has 2 aliphatic rings. The Kier molecular flexibility index (Phi) is 6.67. The van der Waals surface area contributed by atoms with Gasteiger partial charge in [0.1, 0.15) is 17.8 Å². The molecule has 0 amide bonds. The van der Waals surface area contributed by atoms with Crippen molar-refractivity contribution < 1.29 is 19.3 Å². The average Bonchev–Trinajstić information content (AvgIpc) is 3.25. The van der Waals surface area contributed by atoms with Gasteiger partial charge in [0.25, 0.3) is 0 Å². The minimum Gasteiger partial charge on any atom is -0.394 e. The van der Waals surface area contributed by atoms with Gasteiger partial charge in [0.2, 0.25) is 5.95 Å². The quantitative estimate of drug-likeness (QED) is 0.474. The molecule has 12 heteroatoms. The number of aliphatic hydroxyl groups excluding tert-OH is 2. The van der Waals surface area contributed by atoms with E-state index in [1.807, 2.05) is 10.7 Å². The summed E-state index contributed by atoms with van der Waals surface area (Å²) in [5, 5.41) is 28.2. The summed E-state index contributed by atoms with van der Waals surface area (Å²) in [7, 11) is 0. The van der Waals surface area contributed by atoms with Crippen molar-refractivity contribution in [1.82, 2.24) is 24.7 Å². The second-order valence-electron chi connectivity index (χ2n) is 9.25. The maximum absolute atomic E-state index is 14.0. The lowest BCUT2D eigenvalue weighted by molar-refractivity contribution is 0.00339. The number of nitrogens with zero attached hydrogens (tertiary/aromatic N) is 7. The Hall–Kier alpha value is -3.09. The van der Waals surface area contributed by atoms with E-state index in [9.17, 15) is 14.6 Å². The summed E-state index contributed by atoms with van der Waals surface area (Å²) < 4.78 is 21.5. The number of nitrogens with one attached hydrogen (secondary N) is 1. The number of anilines is 4. The lowest BCUT2D eigenvalue weighted by atomic mass is 10.1. The van der Waals surface area contributed by atoms with Crippen molar-refractivity contribution in [3.63, 3.8) is 0 Å². The van der Waals surface area contributed by atoms with Gasteiger partial charge in [-0.25, -0.2) is 14.4 Å². The van der Waals surface area contributed by atoms with E-state index >= 15 is 0 Å². The summed E-state index contributed by atoms with van der Waals surface area (Å²) in [4.78, 5) is 17.3. The van der Waals surface area contributed by atoms with Gasteiger partial charge in [-0.2, -0.15) is 10.1 Å². The van der Waals surface area contributed by atoms with Gasteiger partial charge in [-0.05, 0) is 26.3 Å². The van der Waals surface area contributed by atoms with E-state index in [-0.39, 0.29) is 25.3 Å².